The number of rotatable bonds is 7. The topological polar surface area (TPSA) is 97.5 Å². The minimum Gasteiger partial charge on any atom is -0.361 e. The normalized spacial score (nSPS) is 11.5. The summed E-state index contributed by atoms with van der Waals surface area (Å²) in [4.78, 5) is 26.7. The summed E-state index contributed by atoms with van der Waals surface area (Å²) < 4.78 is 27.4. The number of sulfone groups is 1. The molecular weight excluding hydrogens is 414 g/mol. The predicted molar refractivity (Wildman–Crippen MR) is 116 cm³/mol. The van der Waals surface area contributed by atoms with Crippen molar-refractivity contribution in [3.63, 3.8) is 0 Å². The number of hydrogen-bond acceptors (Lipinski definition) is 7. The van der Waals surface area contributed by atoms with Gasteiger partial charge in [0, 0.05) is 44.7 Å². The smallest absolute Gasteiger partial charge is 0.225 e. The van der Waals surface area contributed by atoms with Crippen LogP contribution in [0.4, 0.5) is 5.82 Å². The molecule has 0 aliphatic heterocycles. The fourth-order valence-electron chi connectivity index (χ4n) is 3.12. The van der Waals surface area contributed by atoms with E-state index >= 15 is 0 Å². The Balaban J connectivity index is 1.44. The van der Waals surface area contributed by atoms with Gasteiger partial charge in [-0.25, -0.2) is 23.4 Å². The third kappa shape index (κ3) is 4.31. The Hall–Kier alpha value is -3.59. The fourth-order valence-corrected chi connectivity index (χ4v) is 4.24. The van der Waals surface area contributed by atoms with Crippen LogP contribution in [-0.2, 0) is 16.3 Å². The first-order chi connectivity index (χ1) is 14.8. The molecule has 0 atom stereocenters. The molecule has 0 bridgehead atoms. The van der Waals surface area contributed by atoms with Gasteiger partial charge in [-0.1, -0.05) is 12.1 Å². The van der Waals surface area contributed by atoms with Crippen LogP contribution in [0.25, 0.3) is 5.65 Å². The first-order valence-corrected chi connectivity index (χ1v) is 11.1. The number of carbonyl (C=O) groups is 1. The van der Waals surface area contributed by atoms with E-state index in [9.17, 15) is 13.2 Å². The van der Waals surface area contributed by atoms with Gasteiger partial charge in [-0.3, -0.25) is 4.79 Å². The summed E-state index contributed by atoms with van der Waals surface area (Å²) >= 11 is 0. The Morgan fingerprint density at radius 3 is 2.45 bits per heavy atom. The van der Waals surface area contributed by atoms with Crippen LogP contribution >= 0.6 is 0 Å². The first kappa shape index (κ1) is 20.7. The number of pyridine rings is 1. The molecule has 3 aromatic heterocycles. The van der Waals surface area contributed by atoms with E-state index in [1.165, 1.54) is 24.5 Å². The van der Waals surface area contributed by atoms with Gasteiger partial charge in [-0.05, 0) is 36.2 Å². The van der Waals surface area contributed by atoms with Crippen LogP contribution in [0.2, 0.25) is 0 Å². The van der Waals surface area contributed by atoms with Crippen molar-refractivity contribution < 1.29 is 13.2 Å². The Labute approximate surface area is 180 Å². The largest absolute Gasteiger partial charge is 0.361 e. The van der Waals surface area contributed by atoms with Crippen LogP contribution < -0.4 is 4.90 Å². The summed E-state index contributed by atoms with van der Waals surface area (Å²) in [6.07, 6.45) is 8.76. The number of aromatic nitrogens is 4. The van der Waals surface area contributed by atoms with Gasteiger partial charge >= 0.3 is 0 Å². The summed E-state index contributed by atoms with van der Waals surface area (Å²) in [5, 5.41) is -0.101. The average molecular weight is 436 g/mol. The molecule has 0 radical (unpaired) electrons. The van der Waals surface area contributed by atoms with E-state index < -0.39 is 9.84 Å². The standard InChI is InChI=1S/C22H21N5O3S/c1-26(2)21-13-25-22(14-24-21)31(29,30)18-7-3-16(4-8-18)5-9-19(28)17-6-10-20-23-11-12-27(20)15-17/h3-4,6-8,10-15H,5,9H2,1-2H3. The Morgan fingerprint density at radius 2 is 1.77 bits per heavy atom. The zero-order valence-electron chi connectivity index (χ0n) is 17.1. The molecule has 3 heterocycles. The highest BCUT2D eigenvalue weighted by Gasteiger charge is 2.20. The van der Waals surface area contributed by atoms with Gasteiger partial charge in [0.05, 0.1) is 17.3 Å². The molecule has 0 amide bonds. The minimum absolute atomic E-state index is 0.0172. The van der Waals surface area contributed by atoms with Gasteiger partial charge in [0.1, 0.15) is 11.5 Å². The van der Waals surface area contributed by atoms with Gasteiger partial charge in [0.2, 0.25) is 9.84 Å². The lowest BCUT2D eigenvalue weighted by atomic mass is 10.0. The Kier molecular flexibility index (Phi) is 5.51. The van der Waals surface area contributed by atoms with E-state index in [-0.39, 0.29) is 15.7 Å². The monoisotopic (exact) mass is 435 g/mol. The van der Waals surface area contributed by atoms with Gasteiger partial charge in [-0.15, -0.1) is 0 Å². The first-order valence-electron chi connectivity index (χ1n) is 9.64. The molecule has 0 N–H and O–H groups in total. The molecule has 31 heavy (non-hydrogen) atoms. The van der Waals surface area contributed by atoms with Crippen molar-refractivity contribution in [3.05, 3.63) is 78.5 Å². The van der Waals surface area contributed by atoms with E-state index in [2.05, 4.69) is 15.0 Å². The van der Waals surface area contributed by atoms with Crippen LogP contribution in [0, 0.1) is 0 Å². The average Bonchev–Trinajstić information content (AvgIpc) is 3.25. The second-order valence-corrected chi connectivity index (χ2v) is 9.18. The molecule has 0 unspecified atom stereocenters. The molecule has 1 aromatic carbocycles. The molecule has 0 saturated heterocycles. The fraction of sp³-hybridized carbons (Fsp3) is 0.182. The lowest BCUT2D eigenvalue weighted by molar-refractivity contribution is 0.0982. The molecule has 0 aliphatic carbocycles. The molecule has 4 rings (SSSR count). The highest BCUT2D eigenvalue weighted by molar-refractivity contribution is 7.91. The number of anilines is 1. The molecule has 158 valence electrons. The SMILES string of the molecule is CN(C)c1cnc(S(=O)(=O)c2ccc(CCC(=O)c3ccc4nccn4c3)cc2)cn1. The van der Waals surface area contributed by atoms with Crippen molar-refractivity contribution in [2.45, 2.75) is 22.8 Å². The summed E-state index contributed by atoms with van der Waals surface area (Å²) in [7, 11) is -0.149. The quantitative estimate of drug-likeness (QED) is 0.412. The van der Waals surface area contributed by atoms with E-state index in [1.807, 2.05) is 0 Å². The highest BCUT2D eigenvalue weighted by atomic mass is 32.2. The molecule has 0 aliphatic rings. The third-order valence-electron chi connectivity index (χ3n) is 4.93. The minimum atomic E-state index is -3.76. The van der Waals surface area contributed by atoms with Crippen LogP contribution in [0.5, 0.6) is 0 Å². The van der Waals surface area contributed by atoms with Crippen molar-refractivity contribution in [2.24, 2.45) is 0 Å². The van der Waals surface area contributed by atoms with Crippen molar-refractivity contribution in [2.75, 3.05) is 19.0 Å². The van der Waals surface area contributed by atoms with E-state index in [4.69, 9.17) is 0 Å². The number of hydrogen-bond donors (Lipinski definition) is 0. The zero-order valence-corrected chi connectivity index (χ0v) is 18.0. The molecule has 4 aromatic rings. The summed E-state index contributed by atoms with van der Waals surface area (Å²) in [5.41, 5.74) is 2.28. The number of ketones is 1. The van der Waals surface area contributed by atoms with Gasteiger partial charge in [0.15, 0.2) is 10.8 Å². The van der Waals surface area contributed by atoms with Crippen molar-refractivity contribution in [1.82, 2.24) is 19.4 Å². The van der Waals surface area contributed by atoms with E-state index in [0.29, 0.717) is 24.2 Å². The summed E-state index contributed by atoms with van der Waals surface area (Å²) in [6.45, 7) is 0. The van der Waals surface area contributed by atoms with Gasteiger partial charge < -0.3 is 9.30 Å². The number of aryl methyl sites for hydroxylation is 1. The summed E-state index contributed by atoms with van der Waals surface area (Å²) in [6, 6.07) is 10.1. The van der Waals surface area contributed by atoms with Crippen molar-refractivity contribution in [1.29, 1.82) is 0 Å². The number of fused-ring (bicyclic) bond motifs is 1. The second kappa shape index (κ2) is 8.27. The van der Waals surface area contributed by atoms with Crippen LogP contribution in [-0.4, -0.2) is 47.6 Å². The van der Waals surface area contributed by atoms with Crippen LogP contribution in [0.15, 0.2) is 77.3 Å². The Bertz CT molecular complexity index is 1330. The van der Waals surface area contributed by atoms with E-state index in [1.54, 1.807) is 66.3 Å². The molecule has 0 spiro atoms. The lowest BCUT2D eigenvalue weighted by Gasteiger charge is -2.11. The molecule has 9 heteroatoms. The predicted octanol–water partition coefficient (Wildman–Crippen LogP) is 2.84. The highest BCUT2D eigenvalue weighted by Crippen LogP contribution is 2.20. The summed E-state index contributed by atoms with van der Waals surface area (Å²) in [5.74, 6) is 0.592. The van der Waals surface area contributed by atoms with Crippen molar-refractivity contribution >= 4 is 27.1 Å². The van der Waals surface area contributed by atoms with E-state index in [0.717, 1.165) is 11.2 Å². The molecule has 0 fully saturated rings. The number of imidazole rings is 1. The van der Waals surface area contributed by atoms with Crippen LogP contribution in [0.1, 0.15) is 22.3 Å². The Morgan fingerprint density at radius 1 is 1.00 bits per heavy atom. The maximum atomic E-state index is 12.8. The maximum Gasteiger partial charge on any atom is 0.225 e. The molecular formula is C22H21N5O3S. The molecule has 8 nitrogen and oxygen atoms in total. The maximum absolute atomic E-state index is 12.8. The third-order valence-corrected chi connectivity index (χ3v) is 6.59. The van der Waals surface area contributed by atoms with Gasteiger partial charge in [0.25, 0.3) is 0 Å². The zero-order chi connectivity index (χ0) is 22.0. The van der Waals surface area contributed by atoms with Crippen molar-refractivity contribution in [3.8, 4) is 0 Å². The number of Topliss-reactive ketones (excluding diaryl/α,β-unsaturated/α-hetero) is 1. The number of nitrogens with zero attached hydrogens (tertiary/aromatic N) is 5. The lowest BCUT2D eigenvalue weighted by Crippen LogP contribution is -2.12. The van der Waals surface area contributed by atoms with Crippen LogP contribution in [0.3, 0.4) is 0 Å². The molecule has 0 saturated carbocycles. The second-order valence-electron chi connectivity index (χ2n) is 7.29. The van der Waals surface area contributed by atoms with Gasteiger partial charge in [-0.2, -0.15) is 0 Å². The number of carbonyl (C=O) groups excluding carboxylic acids is 1. The number of benzene rings is 1.